The van der Waals surface area contributed by atoms with Gasteiger partial charge in [0.05, 0.1) is 18.4 Å². The summed E-state index contributed by atoms with van der Waals surface area (Å²) in [5, 5.41) is -0.517. The molecule has 0 N–H and O–H groups in total. The molecule has 2 rings (SSSR count). The third-order valence-corrected chi connectivity index (χ3v) is 3.91. The first kappa shape index (κ1) is 15.5. The summed E-state index contributed by atoms with van der Waals surface area (Å²) in [6, 6.07) is 6.78. The Bertz CT molecular complexity index is 580. The number of rotatable bonds is 5. The maximum atomic E-state index is 11.9. The molecule has 0 spiro atoms. The lowest BCUT2D eigenvalue weighted by Gasteiger charge is -2.14. The fraction of sp³-hybridized carbons (Fsp3) is 0.400. The van der Waals surface area contributed by atoms with E-state index >= 15 is 0 Å². The minimum atomic E-state index is -0.865. The Balaban J connectivity index is 2.13. The Morgan fingerprint density at radius 2 is 1.90 bits per heavy atom. The van der Waals surface area contributed by atoms with E-state index in [9.17, 15) is 14.4 Å². The van der Waals surface area contributed by atoms with Crippen molar-refractivity contribution in [3.8, 4) is 5.75 Å². The third kappa shape index (κ3) is 3.24. The second-order valence-electron chi connectivity index (χ2n) is 5.12. The summed E-state index contributed by atoms with van der Waals surface area (Å²) < 4.78 is 9.72. The van der Waals surface area contributed by atoms with Crippen molar-refractivity contribution in [1.82, 2.24) is 0 Å². The molecule has 0 aromatic heterocycles. The van der Waals surface area contributed by atoms with Crippen LogP contribution >= 0.6 is 11.6 Å². The number of esters is 2. The first-order chi connectivity index (χ1) is 9.89. The van der Waals surface area contributed by atoms with Gasteiger partial charge in [-0.1, -0.05) is 12.1 Å². The molecule has 1 saturated carbocycles. The van der Waals surface area contributed by atoms with Crippen LogP contribution in [0.25, 0.3) is 0 Å². The first-order valence-electron chi connectivity index (χ1n) is 6.44. The molecule has 2 atom stereocenters. The molecule has 21 heavy (non-hydrogen) atoms. The number of carbonyl (C=O) groups excluding carboxylic acids is 3. The third-order valence-electron chi connectivity index (χ3n) is 3.65. The summed E-state index contributed by atoms with van der Waals surface area (Å²) in [4.78, 5) is 34.1. The standard InChI is InChI=1S/C15H15ClO5/c1-9(17)21-11-5-3-10(4-6-11)7-15(14(19)20-2)8-12(15)13(16)18/h3-6,12H,7-8H2,1-2H3/t12?,15-/m0/s1. The molecule has 1 aromatic rings. The van der Waals surface area contributed by atoms with Crippen molar-refractivity contribution in [1.29, 1.82) is 0 Å². The number of hydrogen-bond donors (Lipinski definition) is 0. The zero-order valence-corrected chi connectivity index (χ0v) is 12.5. The molecule has 0 saturated heterocycles. The van der Waals surface area contributed by atoms with Crippen LogP contribution in [0, 0.1) is 11.3 Å². The van der Waals surface area contributed by atoms with Gasteiger partial charge in [-0.05, 0) is 42.1 Å². The molecular formula is C15H15ClO5. The molecule has 1 unspecified atom stereocenters. The first-order valence-corrected chi connectivity index (χ1v) is 6.82. The van der Waals surface area contributed by atoms with Crippen LogP contribution in [0.5, 0.6) is 5.75 Å². The number of methoxy groups -OCH3 is 1. The molecule has 112 valence electrons. The van der Waals surface area contributed by atoms with E-state index in [-0.39, 0.29) is 0 Å². The largest absolute Gasteiger partial charge is 0.469 e. The topological polar surface area (TPSA) is 69.7 Å². The van der Waals surface area contributed by atoms with Crippen LogP contribution in [0.4, 0.5) is 0 Å². The predicted octanol–water partition coefficient (Wildman–Crippen LogP) is 2.10. The normalized spacial score (nSPS) is 23.3. The van der Waals surface area contributed by atoms with Crippen LogP contribution in [0.3, 0.4) is 0 Å². The smallest absolute Gasteiger partial charge is 0.312 e. The maximum absolute atomic E-state index is 11.9. The Labute approximate surface area is 127 Å². The highest BCUT2D eigenvalue weighted by Gasteiger charge is 2.63. The van der Waals surface area contributed by atoms with Crippen molar-refractivity contribution in [3.63, 3.8) is 0 Å². The van der Waals surface area contributed by atoms with Crippen LogP contribution in [0.15, 0.2) is 24.3 Å². The van der Waals surface area contributed by atoms with E-state index in [1.165, 1.54) is 14.0 Å². The van der Waals surface area contributed by atoms with E-state index in [0.717, 1.165) is 5.56 Å². The van der Waals surface area contributed by atoms with Crippen LogP contribution in [-0.4, -0.2) is 24.3 Å². The number of ether oxygens (including phenoxy) is 2. The van der Waals surface area contributed by atoms with Crippen LogP contribution < -0.4 is 4.74 Å². The molecule has 5 nitrogen and oxygen atoms in total. The Morgan fingerprint density at radius 1 is 1.29 bits per heavy atom. The van der Waals surface area contributed by atoms with Crippen LogP contribution in [0.1, 0.15) is 18.9 Å². The monoisotopic (exact) mass is 310 g/mol. The molecule has 0 aliphatic heterocycles. The average Bonchev–Trinajstić information content (AvgIpc) is 3.15. The van der Waals surface area contributed by atoms with Crippen molar-refractivity contribution in [3.05, 3.63) is 29.8 Å². The van der Waals surface area contributed by atoms with Crippen LogP contribution in [0.2, 0.25) is 0 Å². The summed E-state index contributed by atoms with van der Waals surface area (Å²) >= 11 is 5.51. The Morgan fingerprint density at radius 3 is 2.33 bits per heavy atom. The van der Waals surface area contributed by atoms with Gasteiger partial charge >= 0.3 is 11.9 Å². The molecule has 0 bridgehead atoms. The lowest BCUT2D eigenvalue weighted by molar-refractivity contribution is -0.148. The van der Waals surface area contributed by atoms with Crippen molar-refractivity contribution in [2.45, 2.75) is 19.8 Å². The van der Waals surface area contributed by atoms with E-state index in [4.69, 9.17) is 21.1 Å². The average molecular weight is 311 g/mol. The summed E-state index contributed by atoms with van der Waals surface area (Å²) in [6.07, 6.45) is 0.761. The number of hydrogen-bond acceptors (Lipinski definition) is 5. The molecule has 1 aromatic carbocycles. The molecule has 1 aliphatic carbocycles. The lowest BCUT2D eigenvalue weighted by atomic mass is 9.94. The zero-order chi connectivity index (χ0) is 15.6. The van der Waals surface area contributed by atoms with E-state index in [0.29, 0.717) is 18.6 Å². The predicted molar refractivity (Wildman–Crippen MR) is 74.9 cm³/mol. The molecule has 6 heteroatoms. The number of benzene rings is 1. The van der Waals surface area contributed by atoms with E-state index < -0.39 is 28.5 Å². The van der Waals surface area contributed by atoms with Gasteiger partial charge in [0, 0.05) is 6.92 Å². The maximum Gasteiger partial charge on any atom is 0.312 e. The summed E-state index contributed by atoms with van der Waals surface area (Å²) in [5.74, 6) is -0.895. The van der Waals surface area contributed by atoms with Gasteiger partial charge in [-0.3, -0.25) is 14.4 Å². The van der Waals surface area contributed by atoms with E-state index in [1.54, 1.807) is 24.3 Å². The fourth-order valence-electron chi connectivity index (χ4n) is 2.50. The summed E-state index contributed by atoms with van der Waals surface area (Å²) in [7, 11) is 1.29. The fourth-order valence-corrected chi connectivity index (χ4v) is 2.79. The van der Waals surface area contributed by atoms with Crippen LogP contribution in [-0.2, 0) is 25.5 Å². The summed E-state index contributed by atoms with van der Waals surface area (Å²) in [5.41, 5.74) is -0.0204. The molecule has 0 radical (unpaired) electrons. The molecule has 0 heterocycles. The van der Waals surface area contributed by atoms with Gasteiger partial charge in [0.15, 0.2) is 0 Å². The quantitative estimate of drug-likeness (QED) is 0.473. The van der Waals surface area contributed by atoms with Crippen molar-refractivity contribution < 1.29 is 23.9 Å². The highest BCUT2D eigenvalue weighted by molar-refractivity contribution is 6.64. The molecule has 1 aliphatic rings. The number of carbonyl (C=O) groups is 3. The zero-order valence-electron chi connectivity index (χ0n) is 11.7. The van der Waals surface area contributed by atoms with Gasteiger partial charge in [-0.15, -0.1) is 0 Å². The molecule has 1 fully saturated rings. The second kappa shape index (κ2) is 5.85. The highest BCUT2D eigenvalue weighted by atomic mass is 35.5. The Hall–Kier alpha value is -1.88. The Kier molecular flexibility index (Phi) is 4.32. The minimum absolute atomic E-state index is 0.364. The molecular weight excluding hydrogens is 296 g/mol. The number of halogens is 1. The van der Waals surface area contributed by atoms with Gasteiger partial charge in [0.2, 0.25) is 5.24 Å². The van der Waals surface area contributed by atoms with E-state index in [1.807, 2.05) is 0 Å². The van der Waals surface area contributed by atoms with Gasteiger partial charge in [0.25, 0.3) is 0 Å². The van der Waals surface area contributed by atoms with Gasteiger partial charge in [0.1, 0.15) is 5.75 Å². The van der Waals surface area contributed by atoms with Gasteiger partial charge in [-0.2, -0.15) is 0 Å². The van der Waals surface area contributed by atoms with E-state index in [2.05, 4.69) is 0 Å². The highest BCUT2D eigenvalue weighted by Crippen LogP contribution is 2.56. The molecule has 0 amide bonds. The second-order valence-corrected chi connectivity index (χ2v) is 5.50. The van der Waals surface area contributed by atoms with Gasteiger partial charge in [-0.25, -0.2) is 0 Å². The minimum Gasteiger partial charge on any atom is -0.469 e. The van der Waals surface area contributed by atoms with Crippen molar-refractivity contribution >= 4 is 28.8 Å². The van der Waals surface area contributed by atoms with Crippen molar-refractivity contribution in [2.24, 2.45) is 11.3 Å². The SMILES string of the molecule is COC(=O)[C@@]1(Cc2ccc(OC(C)=O)cc2)CC1C(=O)Cl. The van der Waals surface area contributed by atoms with Crippen molar-refractivity contribution in [2.75, 3.05) is 7.11 Å². The van der Waals surface area contributed by atoms with Gasteiger partial charge < -0.3 is 9.47 Å². The summed E-state index contributed by atoms with van der Waals surface area (Å²) in [6.45, 7) is 1.32. The lowest BCUT2D eigenvalue weighted by Crippen LogP contribution is -2.24.